The summed E-state index contributed by atoms with van der Waals surface area (Å²) in [7, 11) is 0. The lowest BCUT2D eigenvalue weighted by atomic mass is 9.92. The standard InChI is InChI=1S/C24H28FN3O/c1-3-5-17-10-12-28(13-11-17)22-9-8-18(14-20(22)25)26-15-19-23-16(2)6-4-7-21(23)27-24(19)29/h4,6-9,14-15,17,26H,3,5,10-13H2,1-2H3,(H,27,29). The number of nitrogens with one attached hydrogen (secondary N) is 2. The van der Waals surface area contributed by atoms with Gasteiger partial charge in [0.2, 0.25) is 0 Å². The molecular weight excluding hydrogens is 365 g/mol. The van der Waals surface area contributed by atoms with Crippen LogP contribution in [0, 0.1) is 18.7 Å². The third kappa shape index (κ3) is 4.00. The van der Waals surface area contributed by atoms with Crippen molar-refractivity contribution in [2.75, 3.05) is 28.6 Å². The monoisotopic (exact) mass is 393 g/mol. The lowest BCUT2D eigenvalue weighted by Crippen LogP contribution is -2.34. The first-order chi connectivity index (χ1) is 14.1. The fraction of sp³-hybridized carbons (Fsp3) is 0.375. The van der Waals surface area contributed by atoms with Gasteiger partial charge in [-0.2, -0.15) is 0 Å². The molecule has 152 valence electrons. The Hall–Kier alpha value is -2.82. The molecular formula is C24H28FN3O. The molecule has 0 saturated carbocycles. The summed E-state index contributed by atoms with van der Waals surface area (Å²) in [5.41, 5.74) is 4.61. The molecule has 2 aromatic rings. The maximum absolute atomic E-state index is 14.8. The minimum absolute atomic E-state index is 0.145. The van der Waals surface area contributed by atoms with Gasteiger partial charge in [0.15, 0.2) is 0 Å². The van der Waals surface area contributed by atoms with E-state index < -0.39 is 0 Å². The fourth-order valence-electron chi connectivity index (χ4n) is 4.45. The summed E-state index contributed by atoms with van der Waals surface area (Å²) in [5.74, 6) is 0.402. The third-order valence-corrected chi connectivity index (χ3v) is 6.02. The van der Waals surface area contributed by atoms with E-state index in [-0.39, 0.29) is 11.7 Å². The smallest absolute Gasteiger partial charge is 0.257 e. The SMILES string of the molecule is CCCC1CCN(c2ccc(NC=C3C(=O)Nc4cccc(C)c43)cc2F)CC1. The minimum atomic E-state index is -0.227. The van der Waals surface area contributed by atoms with Crippen LogP contribution in [0.2, 0.25) is 0 Å². The van der Waals surface area contributed by atoms with Gasteiger partial charge in [-0.3, -0.25) is 4.79 Å². The van der Waals surface area contributed by atoms with Crippen LogP contribution in [-0.2, 0) is 4.79 Å². The van der Waals surface area contributed by atoms with E-state index >= 15 is 0 Å². The number of aryl methyl sites for hydroxylation is 1. The Morgan fingerprint density at radius 3 is 2.76 bits per heavy atom. The highest BCUT2D eigenvalue weighted by atomic mass is 19.1. The number of hydrogen-bond acceptors (Lipinski definition) is 3. The van der Waals surface area contributed by atoms with Crippen molar-refractivity contribution < 1.29 is 9.18 Å². The molecule has 4 nitrogen and oxygen atoms in total. The van der Waals surface area contributed by atoms with Gasteiger partial charge in [-0.05, 0) is 55.5 Å². The molecule has 0 spiro atoms. The van der Waals surface area contributed by atoms with Gasteiger partial charge in [-0.25, -0.2) is 4.39 Å². The Morgan fingerprint density at radius 2 is 2.03 bits per heavy atom. The Bertz CT molecular complexity index is 945. The summed E-state index contributed by atoms with van der Waals surface area (Å²) in [5, 5.41) is 5.97. The molecule has 1 fully saturated rings. The number of anilines is 3. The van der Waals surface area contributed by atoms with Crippen LogP contribution in [0.1, 0.15) is 43.7 Å². The van der Waals surface area contributed by atoms with E-state index in [4.69, 9.17) is 0 Å². The summed E-state index contributed by atoms with van der Waals surface area (Å²) in [4.78, 5) is 14.5. The first-order valence-corrected chi connectivity index (χ1v) is 10.5. The second kappa shape index (κ2) is 8.27. The van der Waals surface area contributed by atoms with Crippen LogP contribution in [0.5, 0.6) is 0 Å². The molecule has 0 aliphatic carbocycles. The zero-order valence-electron chi connectivity index (χ0n) is 17.1. The molecule has 5 heteroatoms. The molecule has 0 bridgehead atoms. The van der Waals surface area contributed by atoms with Crippen molar-refractivity contribution in [1.82, 2.24) is 0 Å². The van der Waals surface area contributed by atoms with Crippen LogP contribution < -0.4 is 15.5 Å². The van der Waals surface area contributed by atoms with Crippen molar-refractivity contribution in [2.45, 2.75) is 39.5 Å². The Kier molecular flexibility index (Phi) is 5.56. The number of rotatable bonds is 5. The number of carbonyl (C=O) groups excluding carboxylic acids is 1. The van der Waals surface area contributed by atoms with E-state index in [0.717, 1.165) is 48.7 Å². The lowest BCUT2D eigenvalue weighted by Gasteiger charge is -2.33. The van der Waals surface area contributed by atoms with Crippen molar-refractivity contribution in [2.24, 2.45) is 5.92 Å². The van der Waals surface area contributed by atoms with Gasteiger partial charge in [-0.1, -0.05) is 31.9 Å². The Balaban J connectivity index is 1.47. The number of hydrogen-bond donors (Lipinski definition) is 2. The number of nitrogens with zero attached hydrogens (tertiary/aromatic N) is 1. The molecule has 2 aromatic carbocycles. The van der Waals surface area contributed by atoms with Crippen LogP contribution in [0.25, 0.3) is 5.57 Å². The average Bonchev–Trinajstić information content (AvgIpc) is 3.04. The Morgan fingerprint density at radius 1 is 1.24 bits per heavy atom. The van der Waals surface area contributed by atoms with Crippen LogP contribution in [0.4, 0.5) is 21.5 Å². The molecule has 1 saturated heterocycles. The summed E-state index contributed by atoms with van der Waals surface area (Å²) < 4.78 is 14.8. The Labute approximate surface area is 171 Å². The van der Waals surface area contributed by atoms with E-state index in [2.05, 4.69) is 22.5 Å². The van der Waals surface area contributed by atoms with Gasteiger partial charge in [0.05, 0.1) is 11.3 Å². The van der Waals surface area contributed by atoms with Crippen molar-refractivity contribution in [3.05, 3.63) is 59.5 Å². The molecule has 2 aliphatic rings. The summed E-state index contributed by atoms with van der Waals surface area (Å²) in [6.45, 7) is 6.02. The second-order valence-electron chi connectivity index (χ2n) is 8.04. The van der Waals surface area contributed by atoms with Gasteiger partial charge in [-0.15, -0.1) is 0 Å². The fourth-order valence-corrected chi connectivity index (χ4v) is 4.45. The van der Waals surface area contributed by atoms with Crippen LogP contribution in [0.3, 0.4) is 0 Å². The van der Waals surface area contributed by atoms with Crippen LogP contribution >= 0.6 is 0 Å². The van der Waals surface area contributed by atoms with Gasteiger partial charge >= 0.3 is 0 Å². The molecule has 2 N–H and O–H groups in total. The molecule has 1 amide bonds. The van der Waals surface area contributed by atoms with Crippen LogP contribution in [0.15, 0.2) is 42.6 Å². The topological polar surface area (TPSA) is 44.4 Å². The summed E-state index contributed by atoms with van der Waals surface area (Å²) in [6.07, 6.45) is 6.42. The molecule has 0 radical (unpaired) electrons. The number of benzene rings is 2. The first kappa shape index (κ1) is 19.5. The highest BCUT2D eigenvalue weighted by molar-refractivity contribution is 6.32. The molecule has 0 aromatic heterocycles. The number of halogens is 1. The normalized spacial score (nSPS) is 18.1. The maximum atomic E-state index is 14.8. The maximum Gasteiger partial charge on any atom is 0.257 e. The molecule has 2 heterocycles. The molecule has 2 aliphatic heterocycles. The number of amides is 1. The highest BCUT2D eigenvalue weighted by Gasteiger charge is 2.25. The predicted molar refractivity (Wildman–Crippen MR) is 118 cm³/mol. The van der Waals surface area contributed by atoms with Gasteiger partial charge in [0.25, 0.3) is 5.91 Å². The zero-order chi connectivity index (χ0) is 20.4. The third-order valence-electron chi connectivity index (χ3n) is 6.02. The van der Waals surface area contributed by atoms with Crippen LogP contribution in [-0.4, -0.2) is 19.0 Å². The predicted octanol–water partition coefficient (Wildman–Crippen LogP) is 5.56. The van der Waals surface area contributed by atoms with Crippen molar-refractivity contribution in [3.8, 4) is 0 Å². The average molecular weight is 394 g/mol. The minimum Gasteiger partial charge on any atom is -0.369 e. The van der Waals surface area contributed by atoms with Crippen molar-refractivity contribution >= 4 is 28.5 Å². The first-order valence-electron chi connectivity index (χ1n) is 10.5. The molecule has 0 atom stereocenters. The van der Waals surface area contributed by atoms with E-state index in [9.17, 15) is 9.18 Å². The summed E-state index contributed by atoms with van der Waals surface area (Å²) in [6, 6.07) is 11.0. The van der Waals surface area contributed by atoms with E-state index in [1.165, 1.54) is 18.9 Å². The summed E-state index contributed by atoms with van der Waals surface area (Å²) >= 11 is 0. The van der Waals surface area contributed by atoms with E-state index in [1.54, 1.807) is 6.20 Å². The molecule has 0 unspecified atom stereocenters. The van der Waals surface area contributed by atoms with E-state index in [0.29, 0.717) is 16.9 Å². The number of piperidine rings is 1. The van der Waals surface area contributed by atoms with Crippen molar-refractivity contribution in [1.29, 1.82) is 0 Å². The van der Waals surface area contributed by atoms with Crippen molar-refractivity contribution in [3.63, 3.8) is 0 Å². The largest absolute Gasteiger partial charge is 0.369 e. The molecule has 29 heavy (non-hydrogen) atoms. The lowest BCUT2D eigenvalue weighted by molar-refractivity contribution is -0.110. The number of carbonyl (C=O) groups is 1. The quantitative estimate of drug-likeness (QED) is 0.654. The van der Waals surface area contributed by atoms with Gasteiger partial charge in [0.1, 0.15) is 5.82 Å². The highest BCUT2D eigenvalue weighted by Crippen LogP contribution is 2.34. The van der Waals surface area contributed by atoms with Gasteiger partial charge < -0.3 is 15.5 Å². The van der Waals surface area contributed by atoms with Gasteiger partial charge in [0, 0.05) is 36.2 Å². The zero-order valence-corrected chi connectivity index (χ0v) is 17.1. The van der Waals surface area contributed by atoms with E-state index in [1.807, 2.05) is 37.3 Å². The number of fused-ring (bicyclic) bond motifs is 1. The molecule has 4 rings (SSSR count). The second-order valence-corrected chi connectivity index (χ2v) is 8.04.